The first kappa shape index (κ1) is 10.9. The van der Waals surface area contributed by atoms with E-state index in [0.717, 1.165) is 24.4 Å². The van der Waals surface area contributed by atoms with Gasteiger partial charge in [0.25, 0.3) is 0 Å². The molecule has 2 atom stereocenters. The monoisotopic (exact) mass is 289 g/mol. The van der Waals surface area contributed by atoms with E-state index in [-0.39, 0.29) is 0 Å². The van der Waals surface area contributed by atoms with Crippen LogP contribution < -0.4 is 5.32 Å². The molecule has 0 aromatic carbocycles. The molecule has 17 heavy (non-hydrogen) atoms. The largest absolute Gasteiger partial charge is 0.310 e. The lowest BCUT2D eigenvalue weighted by molar-refractivity contribution is 0.557. The van der Waals surface area contributed by atoms with Gasteiger partial charge in [0.05, 0.1) is 5.56 Å². The van der Waals surface area contributed by atoms with Crippen LogP contribution >= 0.6 is 15.9 Å². The molecule has 1 fully saturated rings. The molecule has 4 heteroatoms. The molecule has 1 aromatic rings. The lowest BCUT2D eigenvalue weighted by Gasteiger charge is -2.15. The fourth-order valence-corrected chi connectivity index (χ4v) is 3.07. The highest BCUT2D eigenvalue weighted by molar-refractivity contribution is 9.10. The van der Waals surface area contributed by atoms with Crippen molar-refractivity contribution in [2.24, 2.45) is 5.92 Å². The number of allylic oxidation sites excluding steroid dienone is 1. The van der Waals surface area contributed by atoms with Gasteiger partial charge in [0, 0.05) is 12.2 Å². The van der Waals surface area contributed by atoms with Crippen molar-refractivity contribution in [1.29, 1.82) is 5.26 Å². The van der Waals surface area contributed by atoms with E-state index in [4.69, 9.17) is 5.26 Å². The maximum Gasteiger partial charge on any atom is 0.123 e. The average molecular weight is 290 g/mol. The molecule has 0 amide bonds. The first-order chi connectivity index (χ1) is 8.29. The van der Waals surface area contributed by atoms with Crippen LogP contribution in [0, 0.1) is 17.2 Å². The molecule has 0 saturated carbocycles. The summed E-state index contributed by atoms with van der Waals surface area (Å²) in [6, 6.07) is 4.55. The Bertz CT molecular complexity index is 530. The first-order valence-corrected chi connectivity index (χ1v) is 6.58. The number of halogens is 1. The molecule has 1 aliphatic carbocycles. The number of hydrogen-bond donors (Lipinski definition) is 1. The second-order valence-corrected chi connectivity index (χ2v) is 5.30. The highest BCUT2D eigenvalue weighted by Crippen LogP contribution is 2.37. The molecule has 3 rings (SSSR count). The van der Waals surface area contributed by atoms with Gasteiger partial charge in [-0.3, -0.25) is 0 Å². The fraction of sp³-hybridized carbons (Fsp3) is 0.385. The SMILES string of the molecule is N#Cc1cc(C2=CCC3CCNC23)cnc1Br. The van der Waals surface area contributed by atoms with E-state index in [9.17, 15) is 0 Å². The molecule has 0 bridgehead atoms. The molecule has 0 spiro atoms. The normalized spacial score (nSPS) is 26.5. The highest BCUT2D eigenvalue weighted by Gasteiger charge is 2.34. The average Bonchev–Trinajstić information content (AvgIpc) is 2.92. The van der Waals surface area contributed by atoms with E-state index >= 15 is 0 Å². The number of nitriles is 1. The van der Waals surface area contributed by atoms with Crippen molar-refractivity contribution in [3.8, 4) is 6.07 Å². The van der Waals surface area contributed by atoms with Crippen molar-refractivity contribution in [3.63, 3.8) is 0 Å². The Morgan fingerprint density at radius 3 is 3.24 bits per heavy atom. The Hall–Kier alpha value is -1.18. The molecular weight excluding hydrogens is 278 g/mol. The van der Waals surface area contributed by atoms with Crippen molar-refractivity contribution in [1.82, 2.24) is 10.3 Å². The Balaban J connectivity index is 1.98. The van der Waals surface area contributed by atoms with Gasteiger partial charge in [-0.05, 0) is 58.4 Å². The Labute approximate surface area is 109 Å². The number of pyridine rings is 1. The second kappa shape index (κ2) is 4.25. The van der Waals surface area contributed by atoms with Crippen LogP contribution in [0.25, 0.3) is 5.57 Å². The molecule has 3 nitrogen and oxygen atoms in total. The third kappa shape index (κ3) is 1.80. The van der Waals surface area contributed by atoms with E-state index in [1.807, 2.05) is 12.3 Å². The predicted molar refractivity (Wildman–Crippen MR) is 69.1 cm³/mol. The quantitative estimate of drug-likeness (QED) is 0.808. The van der Waals surface area contributed by atoms with Crippen molar-refractivity contribution in [3.05, 3.63) is 34.1 Å². The summed E-state index contributed by atoms with van der Waals surface area (Å²) in [7, 11) is 0. The minimum atomic E-state index is 0.463. The summed E-state index contributed by atoms with van der Waals surface area (Å²) in [5, 5.41) is 12.5. The maximum atomic E-state index is 9.02. The van der Waals surface area contributed by atoms with Gasteiger partial charge in [0.2, 0.25) is 0 Å². The summed E-state index contributed by atoms with van der Waals surface area (Å²) in [6.45, 7) is 1.10. The van der Waals surface area contributed by atoms with Crippen LogP contribution in [0.5, 0.6) is 0 Å². The molecule has 1 saturated heterocycles. The van der Waals surface area contributed by atoms with Crippen LogP contribution in [0.15, 0.2) is 22.9 Å². The van der Waals surface area contributed by atoms with E-state index < -0.39 is 0 Å². The van der Waals surface area contributed by atoms with E-state index in [1.54, 1.807) is 0 Å². The fourth-order valence-electron chi connectivity index (χ4n) is 2.76. The van der Waals surface area contributed by atoms with Crippen molar-refractivity contribution >= 4 is 21.5 Å². The Morgan fingerprint density at radius 1 is 1.53 bits per heavy atom. The lowest BCUT2D eigenvalue weighted by Crippen LogP contribution is -2.24. The van der Waals surface area contributed by atoms with Gasteiger partial charge >= 0.3 is 0 Å². The summed E-state index contributed by atoms with van der Waals surface area (Å²) < 4.78 is 0.623. The molecule has 1 aromatic heterocycles. The molecule has 86 valence electrons. The van der Waals surface area contributed by atoms with Crippen LogP contribution in [-0.4, -0.2) is 17.6 Å². The summed E-state index contributed by atoms with van der Waals surface area (Å²) in [4.78, 5) is 4.23. The Morgan fingerprint density at radius 2 is 2.41 bits per heavy atom. The topological polar surface area (TPSA) is 48.7 Å². The van der Waals surface area contributed by atoms with Crippen LogP contribution in [0.1, 0.15) is 24.0 Å². The van der Waals surface area contributed by atoms with Crippen LogP contribution in [0.4, 0.5) is 0 Å². The number of nitrogens with one attached hydrogen (secondary N) is 1. The number of fused-ring (bicyclic) bond motifs is 1. The lowest BCUT2D eigenvalue weighted by atomic mass is 9.97. The molecule has 0 radical (unpaired) electrons. The van der Waals surface area contributed by atoms with Crippen LogP contribution in [0.2, 0.25) is 0 Å². The second-order valence-electron chi connectivity index (χ2n) is 4.55. The summed E-state index contributed by atoms with van der Waals surface area (Å²) in [5.41, 5.74) is 2.99. The van der Waals surface area contributed by atoms with Crippen molar-refractivity contribution in [2.45, 2.75) is 18.9 Å². The van der Waals surface area contributed by atoms with Gasteiger partial charge < -0.3 is 5.32 Å². The third-order valence-electron chi connectivity index (χ3n) is 3.62. The predicted octanol–water partition coefficient (Wildman–Crippen LogP) is 2.48. The molecule has 2 aliphatic rings. The maximum absolute atomic E-state index is 9.02. The summed E-state index contributed by atoms with van der Waals surface area (Å²) in [6.07, 6.45) is 6.53. The molecule has 1 N–H and O–H groups in total. The van der Waals surface area contributed by atoms with Gasteiger partial charge in [-0.1, -0.05) is 6.08 Å². The zero-order valence-corrected chi connectivity index (χ0v) is 10.9. The zero-order valence-electron chi connectivity index (χ0n) is 9.28. The molecule has 2 unspecified atom stereocenters. The van der Waals surface area contributed by atoms with Crippen LogP contribution in [-0.2, 0) is 0 Å². The smallest absolute Gasteiger partial charge is 0.123 e. The molecular formula is C13H12BrN3. The molecule has 2 heterocycles. The summed E-state index contributed by atoms with van der Waals surface area (Å²) >= 11 is 3.29. The minimum absolute atomic E-state index is 0.463. The van der Waals surface area contributed by atoms with Crippen LogP contribution in [0.3, 0.4) is 0 Å². The first-order valence-electron chi connectivity index (χ1n) is 5.79. The van der Waals surface area contributed by atoms with Gasteiger partial charge in [-0.2, -0.15) is 5.26 Å². The number of rotatable bonds is 1. The van der Waals surface area contributed by atoms with E-state index in [2.05, 4.69) is 38.4 Å². The van der Waals surface area contributed by atoms with Gasteiger partial charge in [0.15, 0.2) is 0 Å². The van der Waals surface area contributed by atoms with Crippen molar-refractivity contribution < 1.29 is 0 Å². The van der Waals surface area contributed by atoms with E-state index in [1.165, 1.54) is 12.0 Å². The standard InChI is InChI=1S/C13H12BrN3/c14-13-9(6-15)5-10(7-17-13)11-2-1-8-3-4-16-12(8)11/h2,5,7-8,12,16H,1,3-4H2. The minimum Gasteiger partial charge on any atom is -0.310 e. The third-order valence-corrected chi connectivity index (χ3v) is 4.25. The van der Waals surface area contributed by atoms with Gasteiger partial charge in [-0.25, -0.2) is 4.98 Å². The highest BCUT2D eigenvalue weighted by atomic mass is 79.9. The number of aromatic nitrogens is 1. The van der Waals surface area contributed by atoms with Gasteiger partial charge in [-0.15, -0.1) is 0 Å². The summed E-state index contributed by atoms with van der Waals surface area (Å²) in [5.74, 6) is 0.735. The Kier molecular flexibility index (Phi) is 2.73. The zero-order chi connectivity index (χ0) is 11.8. The van der Waals surface area contributed by atoms with Crippen molar-refractivity contribution in [2.75, 3.05) is 6.54 Å². The molecule has 1 aliphatic heterocycles. The number of hydrogen-bond acceptors (Lipinski definition) is 3. The number of nitrogens with zero attached hydrogens (tertiary/aromatic N) is 2. The van der Waals surface area contributed by atoms with Gasteiger partial charge in [0.1, 0.15) is 10.7 Å². The van der Waals surface area contributed by atoms with E-state index in [0.29, 0.717) is 16.2 Å².